The molecule has 0 unspecified atom stereocenters. The SMILES string of the molecule is C[C@@](C(=O)NC1CCC2(CC1)COC2)(c1cncnc1)N(C(=O)[C@H](F)Cl)c1ccc(OC(F)(F)F)cc1. The highest BCUT2D eigenvalue weighted by Crippen LogP contribution is 2.43. The van der Waals surface area contributed by atoms with Gasteiger partial charge in [0.1, 0.15) is 12.1 Å². The highest BCUT2D eigenvalue weighted by atomic mass is 35.5. The van der Waals surface area contributed by atoms with Crippen molar-refractivity contribution in [3.63, 3.8) is 0 Å². The summed E-state index contributed by atoms with van der Waals surface area (Å²) in [5, 5.41) is 2.96. The van der Waals surface area contributed by atoms with Crippen LogP contribution in [0.25, 0.3) is 0 Å². The molecule has 8 nitrogen and oxygen atoms in total. The molecule has 2 heterocycles. The molecule has 0 radical (unpaired) electrons. The summed E-state index contributed by atoms with van der Waals surface area (Å²) in [5.41, 5.74) is -4.25. The van der Waals surface area contributed by atoms with E-state index in [9.17, 15) is 27.2 Å². The summed E-state index contributed by atoms with van der Waals surface area (Å²) in [6.45, 7) is 2.76. The van der Waals surface area contributed by atoms with Crippen LogP contribution in [0.1, 0.15) is 38.2 Å². The Hall–Kier alpha value is -2.99. The lowest BCUT2D eigenvalue weighted by Gasteiger charge is -2.47. The molecule has 13 heteroatoms. The summed E-state index contributed by atoms with van der Waals surface area (Å²) in [4.78, 5) is 35.6. The molecule has 1 N–H and O–H groups in total. The van der Waals surface area contributed by atoms with Crippen LogP contribution in [0.15, 0.2) is 43.0 Å². The van der Waals surface area contributed by atoms with Gasteiger partial charge in [-0.2, -0.15) is 0 Å². The van der Waals surface area contributed by atoms with Crippen LogP contribution in [-0.4, -0.2) is 53.0 Å². The van der Waals surface area contributed by atoms with Gasteiger partial charge in [-0.15, -0.1) is 13.2 Å². The van der Waals surface area contributed by atoms with E-state index >= 15 is 0 Å². The second-order valence-electron chi connectivity index (χ2n) is 9.46. The van der Waals surface area contributed by atoms with Gasteiger partial charge in [-0.05, 0) is 56.9 Å². The highest BCUT2D eigenvalue weighted by Gasteiger charge is 2.49. The van der Waals surface area contributed by atoms with Gasteiger partial charge in [0.05, 0.1) is 13.2 Å². The van der Waals surface area contributed by atoms with Crippen LogP contribution in [0.4, 0.5) is 23.2 Å². The van der Waals surface area contributed by atoms with E-state index < -0.39 is 35.1 Å². The van der Waals surface area contributed by atoms with E-state index in [4.69, 9.17) is 16.3 Å². The normalized spacial score (nSPS) is 19.8. The van der Waals surface area contributed by atoms with Crippen molar-refractivity contribution >= 4 is 29.1 Å². The molecule has 1 spiro atoms. The fraction of sp³-hybridized carbons (Fsp3) is 0.500. The molecule has 0 bridgehead atoms. The van der Waals surface area contributed by atoms with Gasteiger partial charge in [0.2, 0.25) is 0 Å². The summed E-state index contributed by atoms with van der Waals surface area (Å²) in [5.74, 6) is -2.49. The second kappa shape index (κ2) is 10.4. The number of rotatable bonds is 7. The molecule has 200 valence electrons. The van der Waals surface area contributed by atoms with E-state index in [1.165, 1.54) is 25.6 Å². The van der Waals surface area contributed by atoms with E-state index in [2.05, 4.69) is 20.0 Å². The highest BCUT2D eigenvalue weighted by molar-refractivity contribution is 6.32. The largest absolute Gasteiger partial charge is 0.573 e. The lowest BCUT2D eigenvalue weighted by molar-refractivity contribution is -0.274. The Morgan fingerprint density at radius 2 is 1.76 bits per heavy atom. The first-order valence-corrected chi connectivity index (χ1v) is 12.0. The van der Waals surface area contributed by atoms with E-state index in [1.54, 1.807) is 0 Å². The molecule has 1 aliphatic carbocycles. The van der Waals surface area contributed by atoms with Crippen molar-refractivity contribution in [2.45, 2.75) is 56.2 Å². The first-order chi connectivity index (χ1) is 17.4. The summed E-state index contributed by atoms with van der Waals surface area (Å²) >= 11 is 5.53. The summed E-state index contributed by atoms with van der Waals surface area (Å²) < 4.78 is 61.3. The fourth-order valence-electron chi connectivity index (χ4n) is 4.79. The minimum absolute atomic E-state index is 0.0847. The minimum atomic E-state index is -4.93. The van der Waals surface area contributed by atoms with Gasteiger partial charge < -0.3 is 14.8 Å². The molecule has 2 aliphatic rings. The van der Waals surface area contributed by atoms with Crippen molar-refractivity contribution in [3.05, 3.63) is 48.5 Å². The number of ether oxygens (including phenoxy) is 2. The number of halogens is 5. The number of carbonyl (C=O) groups excluding carboxylic acids is 2. The molecular weight excluding hydrogens is 520 g/mol. The van der Waals surface area contributed by atoms with E-state index in [-0.39, 0.29) is 22.7 Å². The summed E-state index contributed by atoms with van der Waals surface area (Å²) in [6.07, 6.45) is 1.99. The van der Waals surface area contributed by atoms with Crippen molar-refractivity contribution in [2.24, 2.45) is 5.41 Å². The van der Waals surface area contributed by atoms with Crippen molar-refractivity contribution < 1.29 is 36.6 Å². The molecule has 1 aromatic heterocycles. The van der Waals surface area contributed by atoms with Crippen molar-refractivity contribution in [1.82, 2.24) is 15.3 Å². The van der Waals surface area contributed by atoms with Gasteiger partial charge in [-0.1, -0.05) is 11.6 Å². The van der Waals surface area contributed by atoms with Gasteiger partial charge in [-0.25, -0.2) is 14.4 Å². The maximum Gasteiger partial charge on any atom is 0.573 e. The Bertz CT molecular complexity index is 1110. The number of benzene rings is 1. The number of hydrogen-bond acceptors (Lipinski definition) is 6. The number of hydrogen-bond donors (Lipinski definition) is 1. The molecular formula is C24H25ClF4N4O4. The Morgan fingerprint density at radius 3 is 2.24 bits per heavy atom. The van der Waals surface area contributed by atoms with Crippen LogP contribution in [-0.2, 0) is 19.9 Å². The maximum absolute atomic E-state index is 14.3. The second-order valence-corrected chi connectivity index (χ2v) is 9.84. The quantitative estimate of drug-likeness (QED) is 0.414. The molecule has 1 aliphatic heterocycles. The average molecular weight is 545 g/mol. The Kier molecular flexibility index (Phi) is 7.61. The van der Waals surface area contributed by atoms with Gasteiger partial charge >= 0.3 is 6.36 Å². The third-order valence-electron chi connectivity index (χ3n) is 6.95. The lowest BCUT2D eigenvalue weighted by atomic mass is 9.71. The lowest BCUT2D eigenvalue weighted by Crippen LogP contribution is -2.60. The first kappa shape index (κ1) is 27.1. The topological polar surface area (TPSA) is 93.6 Å². The minimum Gasteiger partial charge on any atom is -0.406 e. The number of nitrogens with zero attached hydrogens (tertiary/aromatic N) is 3. The van der Waals surface area contributed by atoms with Crippen LogP contribution in [0.3, 0.4) is 0 Å². The Balaban J connectivity index is 1.68. The van der Waals surface area contributed by atoms with Gasteiger partial charge in [0.25, 0.3) is 17.4 Å². The van der Waals surface area contributed by atoms with Crippen LogP contribution in [0.5, 0.6) is 5.75 Å². The molecule has 1 aromatic carbocycles. The predicted molar refractivity (Wildman–Crippen MR) is 124 cm³/mol. The molecule has 4 rings (SSSR count). The van der Waals surface area contributed by atoms with E-state index in [0.717, 1.165) is 42.0 Å². The number of anilines is 1. The van der Waals surface area contributed by atoms with Crippen molar-refractivity contribution in [1.29, 1.82) is 0 Å². The van der Waals surface area contributed by atoms with Crippen LogP contribution in [0, 0.1) is 5.41 Å². The van der Waals surface area contributed by atoms with Crippen LogP contribution < -0.4 is 15.0 Å². The molecule has 2 aromatic rings. The van der Waals surface area contributed by atoms with Crippen molar-refractivity contribution in [2.75, 3.05) is 18.1 Å². The van der Waals surface area contributed by atoms with Crippen LogP contribution in [0.2, 0.25) is 0 Å². The zero-order valence-corrected chi connectivity index (χ0v) is 20.6. The Morgan fingerprint density at radius 1 is 1.16 bits per heavy atom. The zero-order chi connectivity index (χ0) is 26.8. The number of amides is 2. The molecule has 2 atom stereocenters. The fourth-order valence-corrected chi connectivity index (χ4v) is 4.89. The van der Waals surface area contributed by atoms with Gasteiger partial charge in [0, 0.05) is 35.1 Å². The third-order valence-corrected chi connectivity index (χ3v) is 7.13. The average Bonchev–Trinajstić information content (AvgIpc) is 2.84. The van der Waals surface area contributed by atoms with Gasteiger partial charge in [-0.3, -0.25) is 14.5 Å². The molecule has 37 heavy (non-hydrogen) atoms. The smallest absolute Gasteiger partial charge is 0.406 e. The van der Waals surface area contributed by atoms with E-state index in [0.29, 0.717) is 26.1 Å². The maximum atomic E-state index is 14.3. The standard InChI is InChI=1S/C24H25ClF4N4O4/c1-22(15-10-30-14-31-11-15,21(35)32-16-6-8-23(9-7-16)12-36-13-23)33(20(34)19(25)26)17-2-4-18(5-3-17)37-24(27,28)29/h2-5,10-11,14,16,19H,6-9,12-13H2,1H3,(H,32,35)/t19-,22-/m0/s1. The number of carbonyl (C=O) groups is 2. The predicted octanol–water partition coefficient (Wildman–Crippen LogP) is 4.23. The summed E-state index contributed by atoms with van der Waals surface area (Å²) in [6, 6.07) is 3.90. The number of alkyl halides is 5. The molecule has 2 amide bonds. The van der Waals surface area contributed by atoms with Gasteiger partial charge in [0.15, 0.2) is 5.54 Å². The molecule has 2 fully saturated rings. The zero-order valence-electron chi connectivity index (χ0n) is 19.8. The number of aromatic nitrogens is 2. The molecule has 1 saturated carbocycles. The summed E-state index contributed by atoms with van der Waals surface area (Å²) in [7, 11) is 0. The molecule has 1 saturated heterocycles. The van der Waals surface area contributed by atoms with Crippen molar-refractivity contribution in [3.8, 4) is 5.75 Å². The Labute approximate surface area is 215 Å². The van der Waals surface area contributed by atoms with Crippen LogP contribution >= 0.6 is 11.6 Å². The van der Waals surface area contributed by atoms with E-state index in [1.807, 2.05) is 0 Å². The monoisotopic (exact) mass is 544 g/mol. The number of nitrogens with one attached hydrogen (secondary N) is 1. The first-order valence-electron chi connectivity index (χ1n) is 11.6. The third kappa shape index (κ3) is 5.80.